The lowest BCUT2D eigenvalue weighted by Crippen LogP contribution is -2.46. The number of amides is 5. The molecule has 29 heavy (non-hydrogen) atoms. The third kappa shape index (κ3) is 3.77. The van der Waals surface area contributed by atoms with E-state index in [9.17, 15) is 23.2 Å². The lowest BCUT2D eigenvalue weighted by molar-refractivity contribution is -0.130. The Morgan fingerprint density at radius 3 is 2.55 bits per heavy atom. The van der Waals surface area contributed by atoms with Crippen LogP contribution in [0.3, 0.4) is 0 Å². The van der Waals surface area contributed by atoms with E-state index in [2.05, 4.69) is 5.32 Å². The van der Waals surface area contributed by atoms with Crippen LogP contribution in [0, 0.1) is 11.6 Å². The van der Waals surface area contributed by atoms with Crippen LogP contribution in [-0.2, 0) is 4.79 Å². The minimum absolute atomic E-state index is 0.0383. The highest BCUT2D eigenvalue weighted by atomic mass is 19.1. The number of rotatable bonds is 2. The second kappa shape index (κ2) is 7.96. The minimum atomic E-state index is -0.744. The number of anilines is 1. The molecule has 0 bridgehead atoms. The highest BCUT2D eigenvalue weighted by molar-refractivity contribution is 6.05. The number of nitrogens with zero attached hydrogens (tertiary/aromatic N) is 3. The quantitative estimate of drug-likeness (QED) is 0.767. The Labute approximate surface area is 167 Å². The van der Waals surface area contributed by atoms with Gasteiger partial charge in [0.25, 0.3) is 5.91 Å². The van der Waals surface area contributed by atoms with Crippen LogP contribution in [0.5, 0.6) is 0 Å². The molecule has 1 aromatic rings. The largest absolute Gasteiger partial charge is 0.327 e. The van der Waals surface area contributed by atoms with E-state index in [4.69, 9.17) is 0 Å². The molecule has 7 nitrogen and oxygen atoms in total. The van der Waals surface area contributed by atoms with E-state index in [-0.39, 0.29) is 30.2 Å². The van der Waals surface area contributed by atoms with Crippen LogP contribution in [0.25, 0.3) is 0 Å². The van der Waals surface area contributed by atoms with Crippen LogP contribution in [0.2, 0.25) is 0 Å². The lowest BCUT2D eigenvalue weighted by Gasteiger charge is -2.29. The molecule has 1 N–H and O–H groups in total. The summed E-state index contributed by atoms with van der Waals surface area (Å²) >= 11 is 0. The third-order valence-corrected chi connectivity index (χ3v) is 5.97. The van der Waals surface area contributed by atoms with Crippen molar-refractivity contribution in [1.82, 2.24) is 14.7 Å². The van der Waals surface area contributed by atoms with Gasteiger partial charge in [-0.05, 0) is 31.4 Å². The molecular formula is C20H24F2N4O3. The molecule has 1 unspecified atom stereocenters. The zero-order valence-corrected chi connectivity index (χ0v) is 16.1. The van der Waals surface area contributed by atoms with Crippen molar-refractivity contribution in [3.05, 3.63) is 29.8 Å². The van der Waals surface area contributed by atoms with Gasteiger partial charge >= 0.3 is 12.1 Å². The maximum Gasteiger partial charge on any atom is 0.327 e. The maximum atomic E-state index is 13.8. The van der Waals surface area contributed by atoms with Gasteiger partial charge in [0.05, 0.1) is 12.2 Å². The van der Waals surface area contributed by atoms with Gasteiger partial charge in [-0.25, -0.2) is 18.4 Å². The predicted molar refractivity (Wildman–Crippen MR) is 101 cm³/mol. The summed E-state index contributed by atoms with van der Waals surface area (Å²) in [7, 11) is 0. The molecule has 3 fully saturated rings. The number of carbonyl (C=O) groups is 3. The van der Waals surface area contributed by atoms with Crippen molar-refractivity contribution in [2.24, 2.45) is 0 Å². The molecule has 9 heteroatoms. The summed E-state index contributed by atoms with van der Waals surface area (Å²) in [5, 5.41) is 2.37. The average molecular weight is 406 g/mol. The van der Waals surface area contributed by atoms with Crippen LogP contribution < -0.4 is 5.32 Å². The highest BCUT2D eigenvalue weighted by Gasteiger charge is 2.49. The topological polar surface area (TPSA) is 73.0 Å². The van der Waals surface area contributed by atoms with Crippen molar-refractivity contribution in [2.45, 2.75) is 50.6 Å². The van der Waals surface area contributed by atoms with E-state index >= 15 is 0 Å². The molecule has 0 aromatic heterocycles. The number of nitrogens with one attached hydrogen (secondary N) is 1. The normalized spacial score (nSPS) is 23.2. The number of urea groups is 2. The fourth-order valence-corrected chi connectivity index (χ4v) is 4.47. The molecule has 0 radical (unpaired) electrons. The van der Waals surface area contributed by atoms with Gasteiger partial charge in [0.2, 0.25) is 0 Å². The Bertz CT molecular complexity index is 828. The molecule has 2 aliphatic heterocycles. The smallest absolute Gasteiger partial charge is 0.322 e. The van der Waals surface area contributed by atoms with Gasteiger partial charge in [-0.2, -0.15) is 0 Å². The first-order chi connectivity index (χ1) is 14.0. The van der Waals surface area contributed by atoms with E-state index in [0.29, 0.717) is 19.5 Å². The molecule has 3 aliphatic rings. The van der Waals surface area contributed by atoms with Crippen molar-refractivity contribution in [2.75, 3.05) is 25.0 Å². The van der Waals surface area contributed by atoms with Crippen molar-refractivity contribution in [3.8, 4) is 0 Å². The van der Waals surface area contributed by atoms with Crippen LogP contribution in [0.1, 0.15) is 38.5 Å². The Morgan fingerprint density at radius 1 is 1.03 bits per heavy atom. The van der Waals surface area contributed by atoms with E-state index in [0.717, 1.165) is 50.3 Å². The summed E-state index contributed by atoms with van der Waals surface area (Å²) in [5.74, 6) is -1.67. The SMILES string of the molecule is O=C(Nc1cc(F)ccc1F)N1CCCN2C(=O)N(C3CCCCC3)C(=O)C2C1. The summed E-state index contributed by atoms with van der Waals surface area (Å²) < 4.78 is 27.2. The Morgan fingerprint density at radius 2 is 1.79 bits per heavy atom. The molecule has 1 atom stereocenters. The number of benzene rings is 1. The lowest BCUT2D eigenvalue weighted by atomic mass is 9.94. The number of imide groups is 1. The predicted octanol–water partition coefficient (Wildman–Crippen LogP) is 3.17. The first-order valence-electron chi connectivity index (χ1n) is 10.1. The third-order valence-electron chi connectivity index (χ3n) is 5.97. The maximum absolute atomic E-state index is 13.8. The summed E-state index contributed by atoms with van der Waals surface area (Å²) in [6.45, 7) is 0.743. The Balaban J connectivity index is 1.48. The molecule has 156 valence electrons. The number of fused-ring (bicyclic) bond motifs is 1. The van der Waals surface area contributed by atoms with Crippen molar-refractivity contribution < 1.29 is 23.2 Å². The van der Waals surface area contributed by atoms with Gasteiger partial charge in [0.1, 0.15) is 17.7 Å². The Hall–Kier alpha value is -2.71. The zero-order valence-electron chi connectivity index (χ0n) is 16.1. The highest BCUT2D eigenvalue weighted by Crippen LogP contribution is 2.30. The number of halogens is 2. The van der Waals surface area contributed by atoms with E-state index in [1.54, 1.807) is 4.90 Å². The van der Waals surface area contributed by atoms with E-state index in [1.165, 1.54) is 9.80 Å². The molecule has 5 amide bonds. The fourth-order valence-electron chi connectivity index (χ4n) is 4.47. The van der Waals surface area contributed by atoms with Crippen molar-refractivity contribution in [1.29, 1.82) is 0 Å². The van der Waals surface area contributed by atoms with Gasteiger partial charge in [0.15, 0.2) is 0 Å². The molecule has 4 rings (SSSR count). The summed E-state index contributed by atoms with van der Waals surface area (Å²) in [5.41, 5.74) is -0.256. The van der Waals surface area contributed by atoms with Crippen molar-refractivity contribution in [3.63, 3.8) is 0 Å². The first-order valence-corrected chi connectivity index (χ1v) is 10.1. The molecular weight excluding hydrogens is 382 g/mol. The van der Waals surface area contributed by atoms with E-state index in [1.807, 2.05) is 0 Å². The zero-order chi connectivity index (χ0) is 20.5. The summed E-state index contributed by atoms with van der Waals surface area (Å²) in [6, 6.07) is 1.13. The van der Waals surface area contributed by atoms with E-state index < -0.39 is 23.7 Å². The molecule has 2 saturated heterocycles. The number of hydrogen-bond acceptors (Lipinski definition) is 3. The molecule has 2 heterocycles. The monoisotopic (exact) mass is 406 g/mol. The van der Waals surface area contributed by atoms with Gasteiger partial charge in [-0.3, -0.25) is 9.69 Å². The summed E-state index contributed by atoms with van der Waals surface area (Å²) in [6.07, 6.45) is 5.26. The number of carbonyl (C=O) groups excluding carboxylic acids is 3. The molecule has 0 spiro atoms. The standard InChI is InChI=1S/C20H24F2N4O3/c21-13-7-8-15(22)16(11-13)23-19(28)24-9-4-10-25-17(12-24)18(27)26(20(25)29)14-5-2-1-3-6-14/h7-8,11,14,17H,1-6,9-10,12H2,(H,23,28). The fraction of sp³-hybridized carbons (Fsp3) is 0.550. The van der Waals surface area contributed by atoms with Crippen LogP contribution in [-0.4, -0.2) is 64.4 Å². The van der Waals surface area contributed by atoms with Gasteiger partial charge < -0.3 is 15.1 Å². The van der Waals surface area contributed by atoms with Gasteiger partial charge in [0, 0.05) is 25.2 Å². The second-order valence-corrected chi connectivity index (χ2v) is 7.85. The second-order valence-electron chi connectivity index (χ2n) is 7.85. The van der Waals surface area contributed by atoms with Crippen LogP contribution in [0.15, 0.2) is 18.2 Å². The molecule has 1 aromatic carbocycles. The number of hydrogen-bond donors (Lipinski definition) is 1. The van der Waals surface area contributed by atoms with Crippen LogP contribution in [0.4, 0.5) is 24.1 Å². The molecule has 1 aliphatic carbocycles. The van der Waals surface area contributed by atoms with Gasteiger partial charge in [-0.1, -0.05) is 19.3 Å². The van der Waals surface area contributed by atoms with Gasteiger partial charge in [-0.15, -0.1) is 0 Å². The first kappa shape index (κ1) is 19.6. The van der Waals surface area contributed by atoms with Crippen LogP contribution >= 0.6 is 0 Å². The van der Waals surface area contributed by atoms with Crippen molar-refractivity contribution >= 4 is 23.7 Å². The summed E-state index contributed by atoms with van der Waals surface area (Å²) in [4.78, 5) is 42.9. The molecule has 1 saturated carbocycles. The Kier molecular flexibility index (Phi) is 5.38. The average Bonchev–Trinajstić information content (AvgIpc) is 2.87. The minimum Gasteiger partial charge on any atom is -0.322 e.